The van der Waals surface area contributed by atoms with Crippen molar-refractivity contribution >= 4 is 5.91 Å². The van der Waals surface area contributed by atoms with E-state index in [-0.39, 0.29) is 24.0 Å². The Morgan fingerprint density at radius 3 is 2.62 bits per heavy atom. The van der Waals surface area contributed by atoms with E-state index >= 15 is 0 Å². The first-order chi connectivity index (χ1) is 13.7. The number of rotatable bonds is 4. The van der Waals surface area contributed by atoms with Gasteiger partial charge >= 0.3 is 6.18 Å². The third kappa shape index (κ3) is 3.79. The highest BCUT2D eigenvalue weighted by molar-refractivity contribution is 5.78. The van der Waals surface area contributed by atoms with Crippen LogP contribution in [0.2, 0.25) is 0 Å². The summed E-state index contributed by atoms with van der Waals surface area (Å²) in [4.78, 5) is 14.7. The number of hydrogen-bond acceptors (Lipinski definition) is 3. The summed E-state index contributed by atoms with van der Waals surface area (Å²) in [6.45, 7) is 5.14. The maximum Gasteiger partial charge on any atom is 0.416 e. The molecule has 0 N–H and O–H groups in total. The molecule has 1 amide bonds. The van der Waals surface area contributed by atoms with E-state index in [1.54, 1.807) is 0 Å². The lowest BCUT2D eigenvalue weighted by Gasteiger charge is -2.52. The minimum absolute atomic E-state index is 0.0321. The molecule has 0 radical (unpaired) electrons. The lowest BCUT2D eigenvalue weighted by molar-refractivity contribution is -0.198. The van der Waals surface area contributed by atoms with Gasteiger partial charge in [-0.1, -0.05) is 26.0 Å². The van der Waals surface area contributed by atoms with Crippen LogP contribution in [0.1, 0.15) is 57.1 Å². The van der Waals surface area contributed by atoms with Crippen LogP contribution in [0.25, 0.3) is 0 Å². The highest BCUT2D eigenvalue weighted by Crippen LogP contribution is 2.50. The van der Waals surface area contributed by atoms with Crippen molar-refractivity contribution in [1.82, 2.24) is 4.90 Å². The summed E-state index contributed by atoms with van der Waals surface area (Å²) in [6.07, 6.45) is -0.586. The van der Waals surface area contributed by atoms with E-state index in [4.69, 9.17) is 9.47 Å². The van der Waals surface area contributed by atoms with Crippen molar-refractivity contribution in [3.05, 3.63) is 35.4 Å². The van der Waals surface area contributed by atoms with Gasteiger partial charge in [0.2, 0.25) is 5.91 Å². The first-order valence-corrected chi connectivity index (χ1v) is 10.4. The Balaban J connectivity index is 1.39. The molecule has 1 spiro atoms. The Hall–Kier alpha value is -1.60. The third-order valence-corrected chi connectivity index (χ3v) is 6.77. The molecule has 160 valence electrons. The second-order valence-corrected chi connectivity index (χ2v) is 8.87. The monoisotopic (exact) mass is 411 g/mol. The zero-order valence-electron chi connectivity index (χ0n) is 16.9. The molecular formula is C22H28F3NO3. The van der Waals surface area contributed by atoms with Gasteiger partial charge in [0.15, 0.2) is 0 Å². The van der Waals surface area contributed by atoms with Gasteiger partial charge in [0, 0.05) is 12.3 Å². The number of alkyl halides is 3. The fraction of sp³-hybridized carbons (Fsp3) is 0.682. The number of benzene rings is 1. The van der Waals surface area contributed by atoms with Gasteiger partial charge in [-0.15, -0.1) is 0 Å². The molecule has 0 aromatic heterocycles. The van der Waals surface area contributed by atoms with Crippen LogP contribution in [0.4, 0.5) is 13.2 Å². The number of carbonyl (C=O) groups is 1. The molecule has 1 saturated carbocycles. The fourth-order valence-electron chi connectivity index (χ4n) is 5.16. The van der Waals surface area contributed by atoms with Gasteiger partial charge in [0.1, 0.15) is 5.72 Å². The van der Waals surface area contributed by atoms with Gasteiger partial charge in [-0.2, -0.15) is 13.2 Å². The molecule has 0 bridgehead atoms. The summed E-state index contributed by atoms with van der Waals surface area (Å²) in [6, 6.07) is 5.27. The molecule has 0 unspecified atom stereocenters. The molecule has 4 atom stereocenters. The quantitative estimate of drug-likeness (QED) is 0.717. The molecule has 4 rings (SSSR count). The van der Waals surface area contributed by atoms with E-state index in [0.717, 1.165) is 43.4 Å². The summed E-state index contributed by atoms with van der Waals surface area (Å²) in [5, 5.41) is 0. The topological polar surface area (TPSA) is 38.8 Å². The number of hydrogen-bond donors (Lipinski definition) is 0. The largest absolute Gasteiger partial charge is 0.416 e. The van der Waals surface area contributed by atoms with E-state index in [1.165, 1.54) is 12.1 Å². The summed E-state index contributed by atoms with van der Waals surface area (Å²) in [5.41, 5.74) is -0.403. The van der Waals surface area contributed by atoms with Crippen molar-refractivity contribution < 1.29 is 27.4 Å². The number of amides is 1. The number of ether oxygens (including phenoxy) is 2. The Bertz CT molecular complexity index is 749. The van der Waals surface area contributed by atoms with Crippen molar-refractivity contribution in [1.29, 1.82) is 0 Å². The van der Waals surface area contributed by atoms with Crippen molar-refractivity contribution in [3.8, 4) is 0 Å². The van der Waals surface area contributed by atoms with Crippen LogP contribution in [0, 0.1) is 11.8 Å². The number of piperidine rings is 1. The standard InChI is InChI=1S/C22H28F3NO3/c1-14(2)19-13-29-21-10-9-18(11-17(21)7-8-20(27)26(19)21)28-12-15-3-5-16(6-4-15)22(23,24)25/h3-6,14,17-19H,7-13H2,1-2H3/t17-,18-,19-,21-/m1/s1. The SMILES string of the molecule is CC(C)[C@H]1CO[C@]23CC[C@@H](OCc4ccc(C(F)(F)F)cc4)C[C@H]2CCC(=O)N13. The molecule has 4 nitrogen and oxygen atoms in total. The van der Waals surface area contributed by atoms with Crippen LogP contribution in [-0.2, 0) is 27.1 Å². The zero-order valence-corrected chi connectivity index (χ0v) is 16.9. The molecule has 1 aromatic carbocycles. The molecular weight excluding hydrogens is 383 g/mol. The van der Waals surface area contributed by atoms with Crippen LogP contribution < -0.4 is 0 Å². The summed E-state index contributed by atoms with van der Waals surface area (Å²) >= 11 is 0. The van der Waals surface area contributed by atoms with Gasteiger partial charge in [0.25, 0.3) is 0 Å². The first-order valence-electron chi connectivity index (χ1n) is 10.4. The smallest absolute Gasteiger partial charge is 0.374 e. The molecule has 1 aromatic rings. The van der Waals surface area contributed by atoms with Crippen molar-refractivity contribution in [2.24, 2.45) is 11.8 Å². The average Bonchev–Trinajstić information content (AvgIpc) is 3.07. The molecule has 2 heterocycles. The Kier molecular flexibility index (Phi) is 5.40. The van der Waals surface area contributed by atoms with Gasteiger partial charge in [-0.3, -0.25) is 4.79 Å². The summed E-state index contributed by atoms with van der Waals surface area (Å²) in [7, 11) is 0. The molecule has 2 saturated heterocycles. The average molecular weight is 411 g/mol. The van der Waals surface area contributed by atoms with Crippen LogP contribution in [0.5, 0.6) is 0 Å². The Morgan fingerprint density at radius 1 is 1.24 bits per heavy atom. The molecule has 3 aliphatic rings. The van der Waals surface area contributed by atoms with Crippen molar-refractivity contribution in [2.75, 3.05) is 6.61 Å². The van der Waals surface area contributed by atoms with E-state index < -0.39 is 17.5 Å². The highest BCUT2D eigenvalue weighted by Gasteiger charge is 2.59. The minimum Gasteiger partial charge on any atom is -0.374 e. The van der Waals surface area contributed by atoms with E-state index in [1.807, 2.05) is 4.90 Å². The lowest BCUT2D eigenvalue weighted by Crippen LogP contribution is -2.62. The zero-order chi connectivity index (χ0) is 20.8. The Morgan fingerprint density at radius 2 is 1.97 bits per heavy atom. The van der Waals surface area contributed by atoms with Crippen LogP contribution in [0.3, 0.4) is 0 Å². The Labute approximate surface area is 169 Å². The first kappa shape index (κ1) is 20.7. The number of nitrogens with zero attached hydrogens (tertiary/aromatic N) is 1. The normalized spacial score (nSPS) is 32.4. The second-order valence-electron chi connectivity index (χ2n) is 8.87. The summed E-state index contributed by atoms with van der Waals surface area (Å²) in [5.74, 6) is 0.794. The highest BCUT2D eigenvalue weighted by atomic mass is 19.4. The lowest BCUT2D eigenvalue weighted by atomic mass is 9.73. The third-order valence-electron chi connectivity index (χ3n) is 6.77. The summed E-state index contributed by atoms with van der Waals surface area (Å²) < 4.78 is 50.4. The fourth-order valence-corrected chi connectivity index (χ4v) is 5.16. The van der Waals surface area contributed by atoms with E-state index in [0.29, 0.717) is 25.6 Å². The molecule has 2 aliphatic heterocycles. The molecule has 7 heteroatoms. The van der Waals surface area contributed by atoms with Crippen LogP contribution >= 0.6 is 0 Å². The van der Waals surface area contributed by atoms with Gasteiger partial charge in [0.05, 0.1) is 30.9 Å². The number of carbonyl (C=O) groups excluding carboxylic acids is 1. The predicted molar refractivity (Wildman–Crippen MR) is 101 cm³/mol. The molecule has 3 fully saturated rings. The van der Waals surface area contributed by atoms with Crippen LogP contribution in [0.15, 0.2) is 24.3 Å². The maximum atomic E-state index is 12.7. The number of halogens is 3. The van der Waals surface area contributed by atoms with E-state index in [2.05, 4.69) is 13.8 Å². The van der Waals surface area contributed by atoms with Crippen LogP contribution in [-0.4, -0.2) is 35.3 Å². The van der Waals surface area contributed by atoms with Gasteiger partial charge < -0.3 is 14.4 Å². The van der Waals surface area contributed by atoms with Gasteiger partial charge in [-0.25, -0.2) is 0 Å². The predicted octanol–water partition coefficient (Wildman–Crippen LogP) is 4.76. The molecule has 1 aliphatic carbocycles. The maximum absolute atomic E-state index is 12.7. The van der Waals surface area contributed by atoms with Crippen molar-refractivity contribution in [3.63, 3.8) is 0 Å². The second kappa shape index (κ2) is 7.58. The van der Waals surface area contributed by atoms with Gasteiger partial charge in [-0.05, 0) is 49.3 Å². The minimum atomic E-state index is -4.32. The molecule has 29 heavy (non-hydrogen) atoms. The van der Waals surface area contributed by atoms with E-state index in [9.17, 15) is 18.0 Å². The van der Waals surface area contributed by atoms with Crippen molar-refractivity contribution in [2.45, 2.75) is 76.6 Å².